The predicted octanol–water partition coefficient (Wildman–Crippen LogP) is 0.804. The fraction of sp³-hybridized carbons (Fsp3) is 0.923. The number of rotatable bonds is 13. The summed E-state index contributed by atoms with van der Waals surface area (Å²) in [7, 11) is -2.77. The van der Waals surface area contributed by atoms with Crippen LogP contribution in [-0.4, -0.2) is 68.8 Å². The van der Waals surface area contributed by atoms with Crippen LogP contribution in [0.15, 0.2) is 0 Å². The summed E-state index contributed by atoms with van der Waals surface area (Å²) in [6, 6.07) is -0.211. The molecule has 0 aliphatic carbocycles. The number of aliphatic hydroxyl groups is 2. The van der Waals surface area contributed by atoms with E-state index in [1.807, 2.05) is 20.8 Å². The van der Waals surface area contributed by atoms with Gasteiger partial charge in [-0.15, -0.1) is 0 Å². The van der Waals surface area contributed by atoms with E-state index in [2.05, 4.69) is 5.32 Å². The molecule has 0 aliphatic heterocycles. The molecule has 132 valence electrons. The zero-order valence-corrected chi connectivity index (χ0v) is 14.6. The van der Waals surface area contributed by atoms with Gasteiger partial charge in [0.15, 0.2) is 0 Å². The predicted molar refractivity (Wildman–Crippen MR) is 82.7 cm³/mol. The van der Waals surface area contributed by atoms with Gasteiger partial charge in [-0.25, -0.2) is 4.79 Å². The molecule has 0 aromatic carbocycles. The molecule has 0 rings (SSSR count). The molecule has 0 heterocycles. The Labute approximate surface area is 132 Å². The SMILES string of the molecule is CCO[Si](CCCC(NC(=O)O)C(O)CO)(OCC)OCC. The summed E-state index contributed by atoms with van der Waals surface area (Å²) < 4.78 is 17.1. The molecule has 0 radical (unpaired) electrons. The van der Waals surface area contributed by atoms with Gasteiger partial charge in [0.05, 0.1) is 18.8 Å². The van der Waals surface area contributed by atoms with E-state index in [1.54, 1.807) is 0 Å². The monoisotopic (exact) mass is 339 g/mol. The first kappa shape index (κ1) is 21.3. The standard InChI is InChI=1S/C13H29NO7Si/c1-4-19-22(20-5-2,21-6-3)9-7-8-11(12(16)10-15)14-13(17)18/h11-12,14-16H,4-10H2,1-3H3,(H,17,18). The van der Waals surface area contributed by atoms with E-state index >= 15 is 0 Å². The second-order valence-corrected chi connectivity index (χ2v) is 7.41. The van der Waals surface area contributed by atoms with Crippen molar-refractivity contribution in [3.63, 3.8) is 0 Å². The van der Waals surface area contributed by atoms with E-state index in [4.69, 9.17) is 23.5 Å². The van der Waals surface area contributed by atoms with E-state index in [0.29, 0.717) is 38.7 Å². The van der Waals surface area contributed by atoms with Gasteiger partial charge in [0.25, 0.3) is 0 Å². The fourth-order valence-corrected chi connectivity index (χ4v) is 4.83. The smallest absolute Gasteiger partial charge is 0.465 e. The van der Waals surface area contributed by atoms with Crippen LogP contribution in [0, 0.1) is 0 Å². The largest absolute Gasteiger partial charge is 0.500 e. The topological polar surface area (TPSA) is 117 Å². The van der Waals surface area contributed by atoms with Gasteiger partial charge in [-0.2, -0.15) is 0 Å². The van der Waals surface area contributed by atoms with Crippen molar-refractivity contribution in [3.8, 4) is 0 Å². The first-order valence-corrected chi connectivity index (χ1v) is 9.58. The van der Waals surface area contributed by atoms with Crippen LogP contribution in [0.2, 0.25) is 6.04 Å². The second kappa shape index (κ2) is 11.8. The summed E-state index contributed by atoms with van der Waals surface area (Å²) in [5.41, 5.74) is 0. The average Bonchev–Trinajstić information content (AvgIpc) is 2.46. The van der Waals surface area contributed by atoms with Gasteiger partial charge in [0, 0.05) is 25.9 Å². The van der Waals surface area contributed by atoms with E-state index in [-0.39, 0.29) is 0 Å². The molecule has 0 saturated carbocycles. The van der Waals surface area contributed by atoms with Gasteiger partial charge in [0.2, 0.25) is 0 Å². The third-order valence-corrected chi connectivity index (χ3v) is 6.20. The third-order valence-electron chi connectivity index (χ3n) is 3.05. The van der Waals surface area contributed by atoms with Gasteiger partial charge in [-0.05, 0) is 33.6 Å². The van der Waals surface area contributed by atoms with Crippen molar-refractivity contribution < 1.29 is 33.4 Å². The van der Waals surface area contributed by atoms with Crippen molar-refractivity contribution in [1.29, 1.82) is 0 Å². The number of carbonyl (C=O) groups is 1. The van der Waals surface area contributed by atoms with Crippen LogP contribution in [-0.2, 0) is 13.3 Å². The first-order chi connectivity index (χ1) is 10.4. The summed E-state index contributed by atoms with van der Waals surface area (Å²) >= 11 is 0. The van der Waals surface area contributed by atoms with Crippen LogP contribution in [0.1, 0.15) is 33.6 Å². The highest BCUT2D eigenvalue weighted by atomic mass is 28.4. The Morgan fingerprint density at radius 2 is 1.64 bits per heavy atom. The number of carboxylic acid groups (broad SMARTS) is 1. The Balaban J connectivity index is 4.62. The number of nitrogens with one attached hydrogen (secondary N) is 1. The molecular formula is C13H29NO7Si. The van der Waals surface area contributed by atoms with Crippen molar-refractivity contribution in [2.24, 2.45) is 0 Å². The number of aliphatic hydroxyl groups excluding tert-OH is 2. The summed E-state index contributed by atoms with van der Waals surface area (Å²) in [5, 5.41) is 29.6. The highest BCUT2D eigenvalue weighted by Gasteiger charge is 2.40. The summed E-state index contributed by atoms with van der Waals surface area (Å²) in [5.74, 6) is 0. The highest BCUT2D eigenvalue weighted by Crippen LogP contribution is 2.20. The first-order valence-electron chi connectivity index (χ1n) is 7.64. The molecule has 0 saturated heterocycles. The quantitative estimate of drug-likeness (QED) is 0.367. The molecule has 0 aromatic heterocycles. The Morgan fingerprint density at radius 1 is 1.14 bits per heavy atom. The minimum Gasteiger partial charge on any atom is -0.465 e. The zero-order valence-electron chi connectivity index (χ0n) is 13.6. The fourth-order valence-electron chi connectivity index (χ4n) is 2.19. The maximum Gasteiger partial charge on any atom is 0.500 e. The zero-order chi connectivity index (χ0) is 17.0. The van der Waals surface area contributed by atoms with E-state index in [0.717, 1.165) is 0 Å². The van der Waals surface area contributed by atoms with Crippen molar-refractivity contribution in [1.82, 2.24) is 5.32 Å². The van der Waals surface area contributed by atoms with Crippen LogP contribution >= 0.6 is 0 Å². The van der Waals surface area contributed by atoms with Crippen LogP contribution in [0.25, 0.3) is 0 Å². The molecule has 1 amide bonds. The number of hydrogen-bond donors (Lipinski definition) is 4. The molecule has 4 N–H and O–H groups in total. The maximum atomic E-state index is 10.7. The maximum absolute atomic E-state index is 10.7. The summed E-state index contributed by atoms with van der Waals surface area (Å²) in [6.45, 7) is 6.51. The highest BCUT2D eigenvalue weighted by molar-refractivity contribution is 6.60. The lowest BCUT2D eigenvalue weighted by Gasteiger charge is -2.29. The lowest BCUT2D eigenvalue weighted by Crippen LogP contribution is -2.47. The number of amides is 1. The lowest BCUT2D eigenvalue weighted by atomic mass is 10.1. The number of hydrogen-bond acceptors (Lipinski definition) is 6. The van der Waals surface area contributed by atoms with Crippen molar-refractivity contribution in [3.05, 3.63) is 0 Å². The Bertz CT molecular complexity index is 289. The Kier molecular flexibility index (Phi) is 11.4. The molecule has 0 bridgehead atoms. The molecule has 2 atom stereocenters. The van der Waals surface area contributed by atoms with Crippen LogP contribution in [0.5, 0.6) is 0 Å². The average molecular weight is 339 g/mol. The van der Waals surface area contributed by atoms with Crippen molar-refractivity contribution >= 4 is 14.9 Å². The second-order valence-electron chi connectivity index (χ2n) is 4.68. The molecule has 8 nitrogen and oxygen atoms in total. The lowest BCUT2D eigenvalue weighted by molar-refractivity contribution is 0.0557. The van der Waals surface area contributed by atoms with Gasteiger partial charge in [-0.3, -0.25) is 0 Å². The van der Waals surface area contributed by atoms with Gasteiger partial charge >= 0.3 is 14.9 Å². The van der Waals surface area contributed by atoms with Gasteiger partial charge in [0.1, 0.15) is 0 Å². The van der Waals surface area contributed by atoms with Crippen LogP contribution in [0.3, 0.4) is 0 Å². The molecule has 0 spiro atoms. The minimum atomic E-state index is -2.77. The minimum absolute atomic E-state index is 0.357. The Morgan fingerprint density at radius 3 is 2.00 bits per heavy atom. The van der Waals surface area contributed by atoms with Crippen LogP contribution in [0.4, 0.5) is 4.79 Å². The molecular weight excluding hydrogens is 310 g/mol. The third kappa shape index (κ3) is 8.06. The van der Waals surface area contributed by atoms with Gasteiger partial charge in [-0.1, -0.05) is 0 Å². The van der Waals surface area contributed by atoms with E-state index < -0.39 is 33.7 Å². The molecule has 0 aliphatic rings. The van der Waals surface area contributed by atoms with E-state index in [1.165, 1.54) is 0 Å². The molecule has 0 aromatic rings. The summed E-state index contributed by atoms with van der Waals surface area (Å²) in [6.07, 6.45) is -1.47. The molecule has 22 heavy (non-hydrogen) atoms. The summed E-state index contributed by atoms with van der Waals surface area (Å²) in [4.78, 5) is 10.7. The molecule has 2 unspecified atom stereocenters. The van der Waals surface area contributed by atoms with Crippen LogP contribution < -0.4 is 5.32 Å². The molecule has 0 fully saturated rings. The Hall–Kier alpha value is -0.713. The normalized spacial score (nSPS) is 14.6. The van der Waals surface area contributed by atoms with Crippen molar-refractivity contribution in [2.75, 3.05) is 26.4 Å². The molecule has 9 heteroatoms. The van der Waals surface area contributed by atoms with Gasteiger partial charge < -0.3 is 33.9 Å². The van der Waals surface area contributed by atoms with Crippen molar-refractivity contribution in [2.45, 2.75) is 51.8 Å². The van der Waals surface area contributed by atoms with E-state index in [9.17, 15) is 9.90 Å².